The van der Waals surface area contributed by atoms with Crippen LogP contribution in [0, 0.1) is 17.7 Å². The molecule has 3 N–H and O–H groups in total. The lowest BCUT2D eigenvalue weighted by Gasteiger charge is -2.48. The number of allylic oxidation sites excluding steroid dienone is 2. The summed E-state index contributed by atoms with van der Waals surface area (Å²) in [6.07, 6.45) is 6.59. The van der Waals surface area contributed by atoms with Crippen LogP contribution in [-0.2, 0) is 11.2 Å². The average molecular weight is 584 g/mol. The number of aliphatic hydroxyl groups is 1. The molecule has 2 aromatic carbocycles. The molecule has 4 aliphatic rings. The highest BCUT2D eigenvalue weighted by molar-refractivity contribution is 5.95. The molecule has 222 valence electrons. The number of halogens is 1. The van der Waals surface area contributed by atoms with Crippen LogP contribution in [0.25, 0.3) is 10.8 Å². The van der Waals surface area contributed by atoms with Gasteiger partial charge in [-0.05, 0) is 60.6 Å². The monoisotopic (exact) mass is 583 g/mol. The first-order valence-corrected chi connectivity index (χ1v) is 15.0. The molecule has 43 heavy (non-hydrogen) atoms. The molecule has 1 aliphatic carbocycles. The first-order chi connectivity index (χ1) is 20.9. The van der Waals surface area contributed by atoms with Crippen molar-refractivity contribution < 1.29 is 19.1 Å². The lowest BCUT2D eigenvalue weighted by molar-refractivity contribution is -0.140. The molecule has 0 bridgehead atoms. The SMILES string of the molecule is O=C(c1cc(Cc2n[nH]c(=O)c3ccccc23)ccc1F)N1CCC(C(=O)N2CCC3=C4[C@H](CC=C3)[C@@H](O)NC[C@@H]42)CC1. The molecule has 1 aromatic heterocycles. The summed E-state index contributed by atoms with van der Waals surface area (Å²) >= 11 is 0. The first-order valence-electron chi connectivity index (χ1n) is 15.0. The Balaban J connectivity index is 1.03. The summed E-state index contributed by atoms with van der Waals surface area (Å²) in [5, 5.41) is 21.7. The predicted octanol–water partition coefficient (Wildman–Crippen LogP) is 2.90. The number of benzene rings is 2. The van der Waals surface area contributed by atoms with E-state index in [0.717, 1.165) is 12.8 Å². The molecule has 0 saturated carbocycles. The molecule has 2 amide bonds. The van der Waals surface area contributed by atoms with Gasteiger partial charge in [0.05, 0.1) is 22.7 Å². The van der Waals surface area contributed by atoms with E-state index in [1.165, 1.54) is 17.2 Å². The molecular weight excluding hydrogens is 549 g/mol. The van der Waals surface area contributed by atoms with E-state index in [0.29, 0.717) is 67.5 Å². The number of aliphatic hydroxyl groups excluding tert-OH is 1. The first kappa shape index (κ1) is 27.7. The second-order valence-corrected chi connectivity index (χ2v) is 12.0. The second-order valence-electron chi connectivity index (χ2n) is 12.0. The van der Waals surface area contributed by atoms with Gasteiger partial charge in [-0.25, -0.2) is 9.49 Å². The number of carbonyl (C=O) groups excluding carboxylic acids is 2. The van der Waals surface area contributed by atoms with Crippen LogP contribution in [0.15, 0.2) is 70.6 Å². The molecule has 0 radical (unpaired) electrons. The molecule has 2 saturated heterocycles. The van der Waals surface area contributed by atoms with E-state index in [-0.39, 0.29) is 40.8 Å². The quantitative estimate of drug-likeness (QED) is 0.435. The summed E-state index contributed by atoms with van der Waals surface area (Å²) in [7, 11) is 0. The largest absolute Gasteiger partial charge is 0.378 e. The molecule has 3 aromatic rings. The van der Waals surface area contributed by atoms with E-state index in [1.807, 2.05) is 17.0 Å². The smallest absolute Gasteiger partial charge is 0.272 e. The van der Waals surface area contributed by atoms with Crippen molar-refractivity contribution in [1.82, 2.24) is 25.3 Å². The van der Waals surface area contributed by atoms with Crippen molar-refractivity contribution >= 4 is 22.6 Å². The van der Waals surface area contributed by atoms with Crippen LogP contribution in [0.2, 0.25) is 0 Å². The maximum absolute atomic E-state index is 14.9. The predicted molar refractivity (Wildman–Crippen MR) is 159 cm³/mol. The Hall–Kier alpha value is -4.15. The topological polar surface area (TPSA) is 119 Å². The number of aromatic nitrogens is 2. The Morgan fingerprint density at radius 2 is 1.86 bits per heavy atom. The van der Waals surface area contributed by atoms with E-state index in [9.17, 15) is 23.9 Å². The van der Waals surface area contributed by atoms with Gasteiger partial charge in [0.25, 0.3) is 11.5 Å². The normalized spacial score (nSPS) is 23.9. The van der Waals surface area contributed by atoms with Gasteiger partial charge in [-0.2, -0.15) is 5.10 Å². The minimum absolute atomic E-state index is 0.00170. The molecule has 0 unspecified atom stereocenters. The third-order valence-corrected chi connectivity index (χ3v) is 9.56. The average Bonchev–Trinajstić information content (AvgIpc) is 3.04. The number of likely N-dealkylation sites (tertiary alicyclic amines) is 1. The Morgan fingerprint density at radius 1 is 1.07 bits per heavy atom. The lowest BCUT2D eigenvalue weighted by Crippen LogP contribution is -2.60. The number of rotatable bonds is 4. The highest BCUT2D eigenvalue weighted by Gasteiger charge is 2.44. The molecule has 3 atom stereocenters. The van der Waals surface area contributed by atoms with Gasteiger partial charge in [-0.1, -0.05) is 36.4 Å². The number of nitrogens with zero attached hydrogens (tertiary/aromatic N) is 3. The van der Waals surface area contributed by atoms with Crippen molar-refractivity contribution in [2.75, 3.05) is 26.2 Å². The van der Waals surface area contributed by atoms with E-state index in [2.05, 4.69) is 27.7 Å². The van der Waals surface area contributed by atoms with Crippen molar-refractivity contribution in [2.45, 2.75) is 44.4 Å². The summed E-state index contributed by atoms with van der Waals surface area (Å²) in [6, 6.07) is 11.6. The van der Waals surface area contributed by atoms with Crippen LogP contribution in [0.5, 0.6) is 0 Å². The zero-order valence-corrected chi connectivity index (χ0v) is 23.8. The molecule has 3 aliphatic heterocycles. The number of amides is 2. The van der Waals surface area contributed by atoms with Gasteiger partial charge < -0.3 is 14.9 Å². The van der Waals surface area contributed by atoms with Crippen LogP contribution in [0.4, 0.5) is 4.39 Å². The fourth-order valence-corrected chi connectivity index (χ4v) is 7.31. The molecule has 2 fully saturated rings. The van der Waals surface area contributed by atoms with Crippen molar-refractivity contribution in [3.63, 3.8) is 0 Å². The van der Waals surface area contributed by atoms with Gasteiger partial charge in [0.1, 0.15) is 12.0 Å². The zero-order valence-electron chi connectivity index (χ0n) is 23.8. The third-order valence-electron chi connectivity index (χ3n) is 9.56. The third kappa shape index (κ3) is 4.98. The highest BCUT2D eigenvalue weighted by atomic mass is 19.1. The Morgan fingerprint density at radius 3 is 2.67 bits per heavy atom. The summed E-state index contributed by atoms with van der Waals surface area (Å²) in [6.45, 7) is 1.93. The molecule has 9 nitrogen and oxygen atoms in total. The van der Waals surface area contributed by atoms with Crippen molar-refractivity contribution in [3.8, 4) is 0 Å². The number of hydrogen-bond acceptors (Lipinski definition) is 6. The molecule has 7 rings (SSSR count). The van der Waals surface area contributed by atoms with Crippen LogP contribution >= 0.6 is 0 Å². The van der Waals surface area contributed by atoms with Crippen molar-refractivity contribution in [2.24, 2.45) is 11.8 Å². The van der Waals surface area contributed by atoms with Crippen LogP contribution < -0.4 is 10.9 Å². The number of piperidine rings is 2. The number of carbonyl (C=O) groups is 2. The number of nitrogens with one attached hydrogen (secondary N) is 2. The lowest BCUT2D eigenvalue weighted by atomic mass is 9.75. The fraction of sp³-hybridized carbons (Fsp3) is 0.394. The van der Waals surface area contributed by atoms with E-state index in [1.54, 1.807) is 29.2 Å². The molecular formula is C33H34FN5O4. The molecule has 4 heterocycles. The maximum atomic E-state index is 14.9. The van der Waals surface area contributed by atoms with Crippen LogP contribution in [0.1, 0.15) is 47.3 Å². The van der Waals surface area contributed by atoms with E-state index >= 15 is 0 Å². The van der Waals surface area contributed by atoms with E-state index in [4.69, 9.17) is 0 Å². The van der Waals surface area contributed by atoms with Gasteiger partial charge in [0.2, 0.25) is 5.91 Å². The zero-order chi connectivity index (χ0) is 29.7. The summed E-state index contributed by atoms with van der Waals surface area (Å²) in [4.78, 5) is 43.0. The summed E-state index contributed by atoms with van der Waals surface area (Å²) in [5.41, 5.74) is 3.51. The van der Waals surface area contributed by atoms with Crippen LogP contribution in [-0.4, -0.2) is 75.4 Å². The van der Waals surface area contributed by atoms with Gasteiger partial charge in [-0.15, -0.1) is 0 Å². The minimum atomic E-state index is -0.596. The highest BCUT2D eigenvalue weighted by Crippen LogP contribution is 2.40. The van der Waals surface area contributed by atoms with Crippen molar-refractivity contribution in [3.05, 3.63) is 98.8 Å². The summed E-state index contributed by atoms with van der Waals surface area (Å²) < 4.78 is 14.9. The Kier molecular flexibility index (Phi) is 7.18. The number of hydrogen-bond donors (Lipinski definition) is 3. The number of H-pyrrole nitrogens is 1. The maximum Gasteiger partial charge on any atom is 0.272 e. The van der Waals surface area contributed by atoms with Gasteiger partial charge in [0.15, 0.2) is 0 Å². The fourth-order valence-electron chi connectivity index (χ4n) is 7.31. The molecule has 10 heteroatoms. The van der Waals surface area contributed by atoms with Crippen molar-refractivity contribution in [1.29, 1.82) is 0 Å². The standard InChI is InChI=1S/C33H34FN5O4/c34-26-9-8-19(17-27-22-5-1-2-6-23(22)31(41)37-36-27)16-25(26)33(43)38-13-10-21(11-14-38)32(42)39-15-12-20-4-3-7-24-29(20)28(39)18-35-30(24)40/h1-6,8-9,16,21,24,28,30,35,40H,7,10-15,17-18H2,(H,37,41)/t24-,28-,30+/m0/s1. The van der Waals surface area contributed by atoms with Gasteiger partial charge in [-0.3, -0.25) is 19.7 Å². The molecule has 0 spiro atoms. The van der Waals surface area contributed by atoms with Crippen LogP contribution in [0.3, 0.4) is 0 Å². The summed E-state index contributed by atoms with van der Waals surface area (Å²) in [5.74, 6) is -1.08. The van der Waals surface area contributed by atoms with Gasteiger partial charge in [0, 0.05) is 49.8 Å². The second kappa shape index (κ2) is 11.2. The van der Waals surface area contributed by atoms with E-state index < -0.39 is 12.0 Å². The number of fused-ring (bicyclic) bond motifs is 1. The Bertz CT molecular complexity index is 1720. The minimum Gasteiger partial charge on any atom is -0.378 e. The van der Waals surface area contributed by atoms with Gasteiger partial charge >= 0.3 is 0 Å². The number of aromatic amines is 1. The Labute approximate surface area is 248 Å².